The highest BCUT2D eigenvalue weighted by atomic mass is 15.3. The number of hydrogen-bond acceptors (Lipinski definition) is 5. The second-order valence-corrected chi connectivity index (χ2v) is 5.62. The number of hydrogen-bond donors (Lipinski definition) is 1. The lowest BCUT2D eigenvalue weighted by Crippen LogP contribution is -2.08. The Labute approximate surface area is 138 Å². The largest absolute Gasteiger partial charge is 0.369 e. The molecule has 0 spiro atoms. The van der Waals surface area contributed by atoms with Crippen molar-refractivity contribution in [2.75, 3.05) is 11.9 Å². The highest BCUT2D eigenvalue weighted by Gasteiger charge is 2.09. The van der Waals surface area contributed by atoms with Crippen LogP contribution in [-0.4, -0.2) is 40.5 Å². The molecule has 4 aromatic rings. The third-order valence-electron chi connectivity index (χ3n) is 3.82. The van der Waals surface area contributed by atoms with E-state index in [1.807, 2.05) is 54.8 Å². The maximum Gasteiger partial charge on any atom is 0.154 e. The van der Waals surface area contributed by atoms with Gasteiger partial charge in [-0.3, -0.25) is 4.68 Å². The van der Waals surface area contributed by atoms with E-state index in [2.05, 4.69) is 30.0 Å². The van der Waals surface area contributed by atoms with Crippen LogP contribution in [-0.2, 0) is 13.6 Å². The number of nitrogens with one attached hydrogen (secondary N) is 1. The lowest BCUT2D eigenvalue weighted by atomic mass is 10.3. The first kappa shape index (κ1) is 14.4. The van der Waals surface area contributed by atoms with Crippen LogP contribution in [0.2, 0.25) is 0 Å². The molecule has 0 aliphatic carbocycles. The molecule has 4 aromatic heterocycles. The second kappa shape index (κ2) is 6.15. The number of imidazole rings is 2. The number of aromatic nitrogens is 7. The molecule has 0 fully saturated rings. The number of fused-ring (bicyclic) bond motifs is 1. The fraction of sp³-hybridized carbons (Fsp3) is 0.250. The average molecular weight is 322 g/mol. The van der Waals surface area contributed by atoms with E-state index >= 15 is 0 Å². The molecule has 4 rings (SSSR count). The Morgan fingerprint density at radius 2 is 2.17 bits per heavy atom. The lowest BCUT2D eigenvalue weighted by molar-refractivity contribution is 0.659. The van der Waals surface area contributed by atoms with Crippen LogP contribution in [0.25, 0.3) is 16.9 Å². The van der Waals surface area contributed by atoms with Gasteiger partial charge in [0.15, 0.2) is 5.65 Å². The Morgan fingerprint density at radius 3 is 2.96 bits per heavy atom. The van der Waals surface area contributed by atoms with Gasteiger partial charge in [-0.2, -0.15) is 5.10 Å². The van der Waals surface area contributed by atoms with E-state index < -0.39 is 0 Å². The highest BCUT2D eigenvalue weighted by molar-refractivity contribution is 5.62. The first-order chi connectivity index (χ1) is 11.8. The average Bonchev–Trinajstić information content (AvgIpc) is 3.31. The topological polar surface area (TPSA) is 77.9 Å². The van der Waals surface area contributed by atoms with Gasteiger partial charge in [0.05, 0.1) is 24.4 Å². The molecule has 8 heteroatoms. The highest BCUT2D eigenvalue weighted by Crippen LogP contribution is 2.19. The van der Waals surface area contributed by atoms with E-state index in [9.17, 15) is 0 Å². The van der Waals surface area contributed by atoms with Gasteiger partial charge in [0.2, 0.25) is 0 Å². The molecule has 0 radical (unpaired) electrons. The van der Waals surface area contributed by atoms with Crippen molar-refractivity contribution >= 4 is 11.5 Å². The Bertz CT molecular complexity index is 934. The van der Waals surface area contributed by atoms with Crippen LogP contribution < -0.4 is 5.32 Å². The van der Waals surface area contributed by atoms with Crippen molar-refractivity contribution in [2.45, 2.75) is 13.0 Å². The molecule has 4 heterocycles. The van der Waals surface area contributed by atoms with Crippen LogP contribution in [0.1, 0.15) is 6.42 Å². The van der Waals surface area contributed by atoms with Crippen molar-refractivity contribution < 1.29 is 0 Å². The molecule has 0 aliphatic rings. The van der Waals surface area contributed by atoms with E-state index in [1.54, 1.807) is 10.9 Å². The molecule has 24 heavy (non-hydrogen) atoms. The molecule has 1 N–H and O–H groups in total. The number of anilines is 1. The summed E-state index contributed by atoms with van der Waals surface area (Å²) in [5.41, 5.74) is 2.74. The molecule has 0 aliphatic heterocycles. The van der Waals surface area contributed by atoms with Crippen molar-refractivity contribution in [1.82, 2.24) is 33.9 Å². The van der Waals surface area contributed by atoms with Gasteiger partial charge in [-0.1, -0.05) is 0 Å². The second-order valence-electron chi connectivity index (χ2n) is 5.62. The van der Waals surface area contributed by atoms with Crippen LogP contribution in [0.15, 0.2) is 49.4 Å². The minimum atomic E-state index is 0.817. The fourth-order valence-corrected chi connectivity index (χ4v) is 2.62. The minimum absolute atomic E-state index is 0.817. The molecule has 0 saturated carbocycles. The number of nitrogens with zero attached hydrogens (tertiary/aromatic N) is 7. The molecular formula is C16H18N8. The first-order valence-electron chi connectivity index (χ1n) is 7.83. The minimum Gasteiger partial charge on any atom is -0.369 e. The normalized spacial score (nSPS) is 11.2. The van der Waals surface area contributed by atoms with E-state index in [0.29, 0.717) is 0 Å². The summed E-state index contributed by atoms with van der Waals surface area (Å²) in [6.07, 6.45) is 12.2. The van der Waals surface area contributed by atoms with Gasteiger partial charge in [-0.05, 0) is 18.6 Å². The summed E-state index contributed by atoms with van der Waals surface area (Å²) in [6.45, 7) is 1.77. The summed E-state index contributed by atoms with van der Waals surface area (Å²) in [6, 6.07) is 3.91. The summed E-state index contributed by atoms with van der Waals surface area (Å²) < 4.78 is 5.68. The molecule has 0 atom stereocenters. The molecule has 0 aromatic carbocycles. The molecule has 0 unspecified atom stereocenters. The van der Waals surface area contributed by atoms with E-state index in [4.69, 9.17) is 0 Å². The van der Waals surface area contributed by atoms with Crippen molar-refractivity contribution in [3.8, 4) is 11.3 Å². The van der Waals surface area contributed by atoms with E-state index in [0.717, 1.165) is 42.2 Å². The van der Waals surface area contributed by atoms with Gasteiger partial charge < -0.3 is 9.88 Å². The predicted octanol–water partition coefficient (Wildman–Crippen LogP) is 1.83. The zero-order valence-corrected chi connectivity index (χ0v) is 13.4. The number of rotatable bonds is 6. The summed E-state index contributed by atoms with van der Waals surface area (Å²) in [5, 5.41) is 12.2. The van der Waals surface area contributed by atoms with Crippen molar-refractivity contribution in [3.05, 3.63) is 49.4 Å². The molecule has 8 nitrogen and oxygen atoms in total. The van der Waals surface area contributed by atoms with Gasteiger partial charge in [0, 0.05) is 44.3 Å². The Kier molecular flexibility index (Phi) is 3.70. The zero-order chi connectivity index (χ0) is 16.4. The van der Waals surface area contributed by atoms with Crippen LogP contribution in [0.5, 0.6) is 0 Å². The number of aryl methyl sites for hydroxylation is 2. The maximum absolute atomic E-state index is 4.64. The SMILES string of the molecule is Cn1cc(-c2cnc3ccc(NCCCn4ccnc4)nn23)cn1. The summed E-state index contributed by atoms with van der Waals surface area (Å²) >= 11 is 0. The molecule has 0 amide bonds. The lowest BCUT2D eigenvalue weighted by Gasteiger charge is -2.07. The Balaban J connectivity index is 1.48. The van der Waals surface area contributed by atoms with Gasteiger partial charge in [-0.25, -0.2) is 14.5 Å². The van der Waals surface area contributed by atoms with Crippen molar-refractivity contribution in [2.24, 2.45) is 7.05 Å². The molecule has 0 saturated heterocycles. The third kappa shape index (κ3) is 2.85. The first-order valence-corrected chi connectivity index (χ1v) is 7.83. The van der Waals surface area contributed by atoms with Gasteiger partial charge in [0.25, 0.3) is 0 Å². The van der Waals surface area contributed by atoms with Crippen molar-refractivity contribution in [3.63, 3.8) is 0 Å². The summed E-state index contributed by atoms with van der Waals surface area (Å²) in [5.74, 6) is 0.830. The van der Waals surface area contributed by atoms with E-state index in [1.165, 1.54) is 0 Å². The third-order valence-corrected chi connectivity index (χ3v) is 3.82. The smallest absolute Gasteiger partial charge is 0.154 e. The Morgan fingerprint density at radius 1 is 1.21 bits per heavy atom. The predicted molar refractivity (Wildman–Crippen MR) is 90.5 cm³/mol. The molecular weight excluding hydrogens is 304 g/mol. The fourth-order valence-electron chi connectivity index (χ4n) is 2.62. The molecule has 0 bridgehead atoms. The molecule has 122 valence electrons. The zero-order valence-electron chi connectivity index (χ0n) is 13.4. The van der Waals surface area contributed by atoms with Crippen LogP contribution in [0.3, 0.4) is 0 Å². The van der Waals surface area contributed by atoms with E-state index in [-0.39, 0.29) is 0 Å². The Hall–Kier alpha value is -3.16. The van der Waals surface area contributed by atoms with Crippen LogP contribution >= 0.6 is 0 Å². The van der Waals surface area contributed by atoms with Gasteiger partial charge in [-0.15, -0.1) is 5.10 Å². The summed E-state index contributed by atoms with van der Waals surface area (Å²) in [4.78, 5) is 8.44. The van der Waals surface area contributed by atoms with Gasteiger partial charge in [0.1, 0.15) is 5.82 Å². The quantitative estimate of drug-likeness (QED) is 0.548. The summed E-state index contributed by atoms with van der Waals surface area (Å²) in [7, 11) is 1.90. The van der Waals surface area contributed by atoms with Crippen LogP contribution in [0, 0.1) is 0 Å². The monoisotopic (exact) mass is 322 g/mol. The van der Waals surface area contributed by atoms with Crippen LogP contribution in [0.4, 0.5) is 5.82 Å². The standard InChI is InChI=1S/C16H18N8/c1-22-11-13(9-20-22)14-10-19-16-4-3-15(21-24(14)16)18-5-2-7-23-8-6-17-12-23/h3-4,6,8-12H,2,5,7H2,1H3,(H,18,21). The van der Waals surface area contributed by atoms with Crippen molar-refractivity contribution in [1.29, 1.82) is 0 Å². The van der Waals surface area contributed by atoms with Gasteiger partial charge >= 0.3 is 0 Å². The maximum atomic E-state index is 4.64.